The molecule has 0 aliphatic heterocycles. The molecule has 90 valence electrons. The molecule has 16 heavy (non-hydrogen) atoms. The molecule has 1 N–H and O–H groups in total. The third kappa shape index (κ3) is 4.77. The maximum absolute atomic E-state index is 11.5. The van der Waals surface area contributed by atoms with Crippen molar-refractivity contribution in [2.75, 3.05) is 6.61 Å². The first-order valence-electron chi connectivity index (χ1n) is 5.32. The van der Waals surface area contributed by atoms with E-state index in [4.69, 9.17) is 4.74 Å². The van der Waals surface area contributed by atoms with Gasteiger partial charge in [-0.15, -0.1) is 11.3 Å². The molecule has 0 aliphatic carbocycles. The average molecular weight is 241 g/mol. The van der Waals surface area contributed by atoms with Crippen LogP contribution in [0.25, 0.3) is 0 Å². The molecule has 0 atom stereocenters. The van der Waals surface area contributed by atoms with E-state index in [1.165, 1.54) is 10.4 Å². The fraction of sp³-hybridized carbons (Fsp3) is 0.583. The Kier molecular flexibility index (Phi) is 4.50. The van der Waals surface area contributed by atoms with Crippen LogP contribution in [0, 0.1) is 6.92 Å². The molecule has 0 aliphatic rings. The first-order chi connectivity index (χ1) is 7.38. The summed E-state index contributed by atoms with van der Waals surface area (Å²) >= 11 is 1.66. The van der Waals surface area contributed by atoms with Crippen LogP contribution in [0.15, 0.2) is 11.4 Å². The van der Waals surface area contributed by atoms with E-state index in [-0.39, 0.29) is 18.1 Å². The van der Waals surface area contributed by atoms with E-state index >= 15 is 0 Å². The highest BCUT2D eigenvalue weighted by molar-refractivity contribution is 7.10. The highest BCUT2D eigenvalue weighted by atomic mass is 32.1. The maximum atomic E-state index is 11.5. The summed E-state index contributed by atoms with van der Waals surface area (Å²) in [6, 6.07) is 2.05. The van der Waals surface area contributed by atoms with Crippen molar-refractivity contribution >= 4 is 17.2 Å². The van der Waals surface area contributed by atoms with Crippen LogP contribution in [0.3, 0.4) is 0 Å². The fourth-order valence-corrected chi connectivity index (χ4v) is 1.94. The van der Waals surface area contributed by atoms with Crippen molar-refractivity contribution in [2.24, 2.45) is 0 Å². The first kappa shape index (κ1) is 13.2. The summed E-state index contributed by atoms with van der Waals surface area (Å²) in [4.78, 5) is 12.7. The Morgan fingerprint density at radius 3 is 2.69 bits per heavy atom. The lowest BCUT2D eigenvalue weighted by Gasteiger charge is -2.18. The number of hydrogen-bond donors (Lipinski definition) is 1. The minimum Gasteiger partial charge on any atom is -0.366 e. The van der Waals surface area contributed by atoms with Crippen LogP contribution in [0.4, 0.5) is 0 Å². The third-order valence-electron chi connectivity index (χ3n) is 2.05. The normalized spacial score (nSPS) is 11.5. The Balaban J connectivity index is 2.29. The summed E-state index contributed by atoms with van der Waals surface area (Å²) < 4.78 is 5.38. The fourth-order valence-electron chi connectivity index (χ4n) is 1.10. The third-order valence-corrected chi connectivity index (χ3v) is 3.07. The summed E-state index contributed by atoms with van der Waals surface area (Å²) in [5.74, 6) is -0.0669. The summed E-state index contributed by atoms with van der Waals surface area (Å²) in [5.41, 5.74) is 0.956. The van der Waals surface area contributed by atoms with Crippen molar-refractivity contribution in [2.45, 2.75) is 39.8 Å². The molecule has 1 aromatic heterocycles. The highest BCUT2D eigenvalue weighted by Crippen LogP contribution is 2.14. The molecule has 1 amide bonds. The molecule has 3 nitrogen and oxygen atoms in total. The second-order valence-corrected chi connectivity index (χ2v) is 5.71. The minimum absolute atomic E-state index is 0.0669. The largest absolute Gasteiger partial charge is 0.366 e. The molecule has 0 spiro atoms. The first-order valence-corrected chi connectivity index (χ1v) is 6.20. The predicted octanol–water partition coefficient (Wildman–Crippen LogP) is 2.49. The molecule has 0 bridgehead atoms. The molecule has 0 radical (unpaired) electrons. The second kappa shape index (κ2) is 5.46. The number of aryl methyl sites for hydroxylation is 1. The van der Waals surface area contributed by atoms with Crippen molar-refractivity contribution < 1.29 is 9.53 Å². The summed E-state index contributed by atoms with van der Waals surface area (Å²) in [6.45, 7) is 8.56. The van der Waals surface area contributed by atoms with Gasteiger partial charge in [-0.3, -0.25) is 4.79 Å². The smallest absolute Gasteiger partial charge is 0.246 e. The van der Waals surface area contributed by atoms with E-state index in [1.807, 2.05) is 33.1 Å². The van der Waals surface area contributed by atoms with Gasteiger partial charge in [0.1, 0.15) is 6.61 Å². The lowest BCUT2D eigenvalue weighted by atomic mass is 10.2. The van der Waals surface area contributed by atoms with Gasteiger partial charge in [0.05, 0.1) is 12.1 Å². The van der Waals surface area contributed by atoms with Gasteiger partial charge in [0, 0.05) is 4.88 Å². The van der Waals surface area contributed by atoms with Crippen LogP contribution in [0.1, 0.15) is 31.2 Å². The molecule has 0 saturated carbocycles. The number of amides is 1. The van der Waals surface area contributed by atoms with Crippen LogP contribution in [-0.4, -0.2) is 18.1 Å². The van der Waals surface area contributed by atoms with Crippen molar-refractivity contribution in [3.63, 3.8) is 0 Å². The van der Waals surface area contributed by atoms with Crippen LogP contribution in [-0.2, 0) is 16.1 Å². The SMILES string of the molecule is Cc1ccsc1CNC(=O)COC(C)(C)C. The van der Waals surface area contributed by atoms with E-state index < -0.39 is 0 Å². The van der Waals surface area contributed by atoms with Gasteiger partial charge in [-0.2, -0.15) is 0 Å². The van der Waals surface area contributed by atoms with Crippen molar-refractivity contribution in [3.8, 4) is 0 Å². The summed E-state index contributed by atoms with van der Waals surface area (Å²) in [5, 5.41) is 4.88. The van der Waals surface area contributed by atoms with E-state index in [0.29, 0.717) is 6.54 Å². The molecule has 4 heteroatoms. The van der Waals surface area contributed by atoms with Crippen molar-refractivity contribution in [3.05, 3.63) is 21.9 Å². The lowest BCUT2D eigenvalue weighted by molar-refractivity contribution is -0.130. The van der Waals surface area contributed by atoms with E-state index in [2.05, 4.69) is 11.4 Å². The number of carbonyl (C=O) groups excluding carboxylic acids is 1. The van der Waals surface area contributed by atoms with Crippen LogP contribution in [0.5, 0.6) is 0 Å². The number of nitrogens with one attached hydrogen (secondary N) is 1. The number of carbonyl (C=O) groups is 1. The Morgan fingerprint density at radius 1 is 1.50 bits per heavy atom. The van der Waals surface area contributed by atoms with Crippen LogP contribution in [0.2, 0.25) is 0 Å². The predicted molar refractivity (Wildman–Crippen MR) is 66.6 cm³/mol. The standard InChI is InChI=1S/C12H19NO2S/c1-9-5-6-16-10(9)7-13-11(14)8-15-12(2,3)4/h5-6H,7-8H2,1-4H3,(H,13,14). The molecule has 0 saturated heterocycles. The van der Waals surface area contributed by atoms with Gasteiger partial charge in [0.2, 0.25) is 5.91 Å². The number of hydrogen-bond acceptors (Lipinski definition) is 3. The summed E-state index contributed by atoms with van der Waals surface area (Å²) in [6.07, 6.45) is 0. The van der Waals surface area contributed by atoms with Crippen LogP contribution >= 0.6 is 11.3 Å². The van der Waals surface area contributed by atoms with Gasteiger partial charge < -0.3 is 10.1 Å². The Bertz CT molecular complexity index is 352. The molecule has 1 aromatic rings. The van der Waals surface area contributed by atoms with Gasteiger partial charge in [0.25, 0.3) is 0 Å². The zero-order valence-electron chi connectivity index (χ0n) is 10.3. The van der Waals surface area contributed by atoms with Crippen molar-refractivity contribution in [1.29, 1.82) is 0 Å². The molecule has 0 fully saturated rings. The van der Waals surface area contributed by atoms with E-state index in [0.717, 1.165) is 0 Å². The van der Waals surface area contributed by atoms with Gasteiger partial charge in [-0.05, 0) is 44.7 Å². The minimum atomic E-state index is -0.268. The van der Waals surface area contributed by atoms with Gasteiger partial charge in [0.15, 0.2) is 0 Å². The molecule has 1 rings (SSSR count). The lowest BCUT2D eigenvalue weighted by Crippen LogP contribution is -2.31. The molecular formula is C12H19NO2S. The van der Waals surface area contributed by atoms with Gasteiger partial charge >= 0.3 is 0 Å². The highest BCUT2D eigenvalue weighted by Gasteiger charge is 2.12. The van der Waals surface area contributed by atoms with E-state index in [9.17, 15) is 4.79 Å². The molecule has 1 heterocycles. The molecule has 0 unspecified atom stereocenters. The quantitative estimate of drug-likeness (QED) is 0.879. The monoisotopic (exact) mass is 241 g/mol. The number of ether oxygens (including phenoxy) is 1. The Hall–Kier alpha value is -0.870. The number of thiophene rings is 1. The van der Waals surface area contributed by atoms with E-state index in [1.54, 1.807) is 11.3 Å². The van der Waals surface area contributed by atoms with Gasteiger partial charge in [-0.1, -0.05) is 0 Å². The topological polar surface area (TPSA) is 38.3 Å². The van der Waals surface area contributed by atoms with Gasteiger partial charge in [-0.25, -0.2) is 0 Å². The second-order valence-electron chi connectivity index (χ2n) is 4.70. The van der Waals surface area contributed by atoms with Crippen molar-refractivity contribution in [1.82, 2.24) is 5.32 Å². The summed E-state index contributed by atoms with van der Waals surface area (Å²) in [7, 11) is 0. The average Bonchev–Trinajstić information content (AvgIpc) is 2.57. The molecule has 0 aromatic carbocycles. The maximum Gasteiger partial charge on any atom is 0.246 e. The number of rotatable bonds is 4. The Labute approximate surface area is 101 Å². The Morgan fingerprint density at radius 2 is 2.19 bits per heavy atom. The zero-order chi connectivity index (χ0) is 12.2. The van der Waals surface area contributed by atoms with Crippen LogP contribution < -0.4 is 5.32 Å². The molecular weight excluding hydrogens is 222 g/mol. The zero-order valence-corrected chi connectivity index (χ0v) is 11.1.